The van der Waals surface area contributed by atoms with Crippen LogP contribution in [0.2, 0.25) is 0 Å². The lowest BCUT2D eigenvalue weighted by atomic mass is 10.1. The molecule has 4 rings (SSSR count). The smallest absolute Gasteiger partial charge is 0.255 e. The van der Waals surface area contributed by atoms with Gasteiger partial charge in [0.25, 0.3) is 5.56 Å². The number of anilines is 2. The van der Waals surface area contributed by atoms with E-state index in [9.17, 15) is 9.59 Å². The first-order valence-corrected chi connectivity index (χ1v) is 12.0. The van der Waals surface area contributed by atoms with Gasteiger partial charge in [-0.25, -0.2) is 4.98 Å². The van der Waals surface area contributed by atoms with Crippen LogP contribution in [0.5, 0.6) is 0 Å². The summed E-state index contributed by atoms with van der Waals surface area (Å²) >= 11 is 0. The van der Waals surface area contributed by atoms with Crippen LogP contribution in [-0.2, 0) is 22.5 Å². The zero-order chi connectivity index (χ0) is 23.2. The monoisotopic (exact) mass is 453 g/mol. The molecule has 0 radical (unpaired) electrons. The van der Waals surface area contributed by atoms with Gasteiger partial charge in [0.1, 0.15) is 0 Å². The van der Waals surface area contributed by atoms with E-state index in [1.807, 2.05) is 18.9 Å². The zero-order valence-corrected chi connectivity index (χ0v) is 19.8. The predicted molar refractivity (Wildman–Crippen MR) is 130 cm³/mol. The molecule has 1 aromatic carbocycles. The van der Waals surface area contributed by atoms with Crippen molar-refractivity contribution < 1.29 is 9.53 Å². The number of nitrogens with one attached hydrogen (secondary N) is 1. The number of morpholine rings is 1. The van der Waals surface area contributed by atoms with E-state index in [1.54, 1.807) is 4.90 Å². The molecule has 2 saturated heterocycles. The lowest BCUT2D eigenvalue weighted by molar-refractivity contribution is -0.130. The molecule has 0 saturated carbocycles. The van der Waals surface area contributed by atoms with Crippen molar-refractivity contribution in [3.8, 4) is 0 Å². The summed E-state index contributed by atoms with van der Waals surface area (Å²) in [6.45, 7) is 7.33. The zero-order valence-electron chi connectivity index (χ0n) is 19.8. The third-order valence-corrected chi connectivity index (χ3v) is 6.61. The number of H-pyrrole nitrogens is 1. The molecule has 0 bridgehead atoms. The second kappa shape index (κ2) is 10.8. The number of piperidine rings is 1. The van der Waals surface area contributed by atoms with Crippen LogP contribution in [0.3, 0.4) is 0 Å². The number of hydrogen-bond donors (Lipinski definition) is 1. The van der Waals surface area contributed by atoms with Crippen LogP contribution in [-0.4, -0.2) is 67.2 Å². The number of rotatable bonds is 7. The first kappa shape index (κ1) is 23.3. The quantitative estimate of drug-likeness (QED) is 0.694. The lowest BCUT2D eigenvalue weighted by Crippen LogP contribution is -2.38. The Hall–Kier alpha value is -2.87. The molecule has 33 heavy (non-hydrogen) atoms. The standard InChI is InChI=1S/C25H35N5O3/c1-19-22(24(32)27-25(26-19)30-14-16-33-17-15-30)10-11-23(31)28(2)18-20-6-8-21(9-7-20)29-12-4-3-5-13-29/h6-9H,3-5,10-18H2,1-2H3,(H,26,27,32). The Morgan fingerprint density at radius 3 is 2.42 bits per heavy atom. The number of aromatic nitrogens is 2. The fourth-order valence-electron chi connectivity index (χ4n) is 4.56. The van der Waals surface area contributed by atoms with Gasteiger partial charge in [0.2, 0.25) is 11.9 Å². The van der Waals surface area contributed by atoms with Crippen molar-refractivity contribution in [2.45, 2.75) is 45.6 Å². The highest BCUT2D eigenvalue weighted by molar-refractivity contribution is 5.76. The molecule has 0 atom stereocenters. The van der Waals surface area contributed by atoms with E-state index in [2.05, 4.69) is 39.1 Å². The van der Waals surface area contributed by atoms with Gasteiger partial charge in [-0.3, -0.25) is 14.6 Å². The van der Waals surface area contributed by atoms with Crippen LogP contribution in [0, 0.1) is 6.92 Å². The minimum Gasteiger partial charge on any atom is -0.378 e. The van der Waals surface area contributed by atoms with Gasteiger partial charge in [-0.2, -0.15) is 0 Å². The molecule has 0 aliphatic carbocycles. The van der Waals surface area contributed by atoms with Crippen LogP contribution in [0.1, 0.15) is 42.5 Å². The predicted octanol–water partition coefficient (Wildman–Crippen LogP) is 2.50. The summed E-state index contributed by atoms with van der Waals surface area (Å²) in [6, 6.07) is 8.53. The molecule has 178 valence electrons. The summed E-state index contributed by atoms with van der Waals surface area (Å²) in [5.74, 6) is 0.604. The number of aromatic amines is 1. The normalized spacial score (nSPS) is 16.7. The number of carbonyl (C=O) groups excluding carboxylic acids is 1. The van der Waals surface area contributed by atoms with E-state index >= 15 is 0 Å². The van der Waals surface area contributed by atoms with E-state index < -0.39 is 0 Å². The molecular weight excluding hydrogens is 418 g/mol. The van der Waals surface area contributed by atoms with Crippen LogP contribution < -0.4 is 15.4 Å². The van der Waals surface area contributed by atoms with Gasteiger partial charge in [-0.1, -0.05) is 12.1 Å². The third-order valence-electron chi connectivity index (χ3n) is 6.61. The number of aryl methyl sites for hydroxylation is 1. The summed E-state index contributed by atoms with van der Waals surface area (Å²) in [4.78, 5) is 39.0. The van der Waals surface area contributed by atoms with Gasteiger partial charge in [0.05, 0.1) is 13.2 Å². The van der Waals surface area contributed by atoms with Crippen LogP contribution >= 0.6 is 0 Å². The van der Waals surface area contributed by atoms with Gasteiger partial charge < -0.3 is 19.4 Å². The highest BCUT2D eigenvalue weighted by Gasteiger charge is 2.18. The van der Waals surface area contributed by atoms with Gasteiger partial charge in [0, 0.05) is 63.1 Å². The molecule has 3 heterocycles. The molecule has 2 aromatic rings. The number of ether oxygens (including phenoxy) is 1. The molecule has 8 nitrogen and oxygen atoms in total. The molecule has 1 amide bonds. The number of amides is 1. The van der Waals surface area contributed by atoms with Gasteiger partial charge in [-0.05, 0) is 50.3 Å². The second-order valence-electron chi connectivity index (χ2n) is 9.02. The largest absolute Gasteiger partial charge is 0.378 e. The summed E-state index contributed by atoms with van der Waals surface area (Å²) in [5.41, 5.74) is 3.48. The first-order valence-electron chi connectivity index (χ1n) is 12.0. The van der Waals surface area contributed by atoms with Gasteiger partial charge in [0.15, 0.2) is 0 Å². The van der Waals surface area contributed by atoms with Crippen LogP contribution in [0.15, 0.2) is 29.1 Å². The molecule has 8 heteroatoms. The Morgan fingerprint density at radius 2 is 1.76 bits per heavy atom. The summed E-state index contributed by atoms with van der Waals surface area (Å²) in [6.07, 6.45) is 4.50. The first-order chi connectivity index (χ1) is 16.0. The summed E-state index contributed by atoms with van der Waals surface area (Å²) in [7, 11) is 1.82. The average molecular weight is 454 g/mol. The molecular formula is C25H35N5O3. The lowest BCUT2D eigenvalue weighted by Gasteiger charge is -2.29. The summed E-state index contributed by atoms with van der Waals surface area (Å²) in [5, 5.41) is 0. The topological polar surface area (TPSA) is 81.8 Å². The molecule has 0 unspecified atom stereocenters. The molecule has 1 N–H and O–H groups in total. The Kier molecular flexibility index (Phi) is 7.65. The molecule has 1 aromatic heterocycles. The Morgan fingerprint density at radius 1 is 1.06 bits per heavy atom. The SMILES string of the molecule is Cc1nc(N2CCOCC2)[nH]c(=O)c1CCC(=O)N(C)Cc1ccc(N2CCCCC2)cc1. The molecule has 2 aliphatic heterocycles. The van der Waals surface area contributed by atoms with Crippen molar-refractivity contribution in [2.24, 2.45) is 0 Å². The minimum absolute atomic E-state index is 0.0196. The van der Waals surface area contributed by atoms with Crippen molar-refractivity contribution in [2.75, 3.05) is 56.2 Å². The Balaban J connectivity index is 1.31. The second-order valence-corrected chi connectivity index (χ2v) is 9.02. The fraction of sp³-hybridized carbons (Fsp3) is 0.560. The average Bonchev–Trinajstić information content (AvgIpc) is 2.85. The maximum atomic E-state index is 12.7. The Bertz CT molecular complexity index is 992. The van der Waals surface area contributed by atoms with E-state index in [1.165, 1.54) is 24.9 Å². The number of hydrogen-bond acceptors (Lipinski definition) is 6. The minimum atomic E-state index is -0.159. The highest BCUT2D eigenvalue weighted by Crippen LogP contribution is 2.21. The van der Waals surface area contributed by atoms with Crippen molar-refractivity contribution >= 4 is 17.5 Å². The Labute approximate surface area is 195 Å². The van der Waals surface area contributed by atoms with E-state index in [0.717, 1.165) is 18.7 Å². The van der Waals surface area contributed by atoms with Crippen molar-refractivity contribution in [3.05, 3.63) is 51.4 Å². The van der Waals surface area contributed by atoms with Crippen LogP contribution in [0.25, 0.3) is 0 Å². The summed E-state index contributed by atoms with van der Waals surface area (Å²) < 4.78 is 5.36. The maximum Gasteiger partial charge on any atom is 0.255 e. The highest BCUT2D eigenvalue weighted by atomic mass is 16.5. The number of benzene rings is 1. The molecule has 0 spiro atoms. The van der Waals surface area contributed by atoms with E-state index in [4.69, 9.17) is 4.74 Å². The van der Waals surface area contributed by atoms with Gasteiger partial charge in [-0.15, -0.1) is 0 Å². The van der Waals surface area contributed by atoms with Gasteiger partial charge >= 0.3 is 0 Å². The fourth-order valence-corrected chi connectivity index (χ4v) is 4.56. The van der Waals surface area contributed by atoms with Crippen molar-refractivity contribution in [3.63, 3.8) is 0 Å². The van der Waals surface area contributed by atoms with E-state index in [0.29, 0.717) is 56.5 Å². The van der Waals surface area contributed by atoms with Crippen LogP contribution in [0.4, 0.5) is 11.6 Å². The van der Waals surface area contributed by atoms with Crippen molar-refractivity contribution in [1.29, 1.82) is 0 Å². The molecule has 2 aliphatic rings. The maximum absolute atomic E-state index is 12.7. The third kappa shape index (κ3) is 5.93. The van der Waals surface area contributed by atoms with E-state index in [-0.39, 0.29) is 17.9 Å². The molecule has 2 fully saturated rings. The number of nitrogens with zero attached hydrogens (tertiary/aromatic N) is 4. The van der Waals surface area contributed by atoms with Crippen molar-refractivity contribution in [1.82, 2.24) is 14.9 Å². The number of carbonyl (C=O) groups is 1.